The van der Waals surface area contributed by atoms with Gasteiger partial charge in [0, 0.05) is 17.2 Å². The Hall–Kier alpha value is -3.16. The first-order valence-corrected chi connectivity index (χ1v) is 5.95. The quantitative estimate of drug-likeness (QED) is 0.382. The average Bonchev–Trinajstić information content (AvgIpc) is 2.86. The van der Waals surface area contributed by atoms with Gasteiger partial charge >= 0.3 is 0 Å². The summed E-state index contributed by atoms with van der Waals surface area (Å²) in [6, 6.07) is 8.17. The average molecular weight is 287 g/mol. The first-order valence-electron chi connectivity index (χ1n) is 5.95. The van der Waals surface area contributed by atoms with Crippen LogP contribution < -0.4 is 11.5 Å². The molecule has 2 aromatic rings. The van der Waals surface area contributed by atoms with Crippen molar-refractivity contribution in [3.05, 3.63) is 51.8 Å². The fourth-order valence-corrected chi connectivity index (χ4v) is 1.81. The maximum absolute atomic E-state index is 10.9. The van der Waals surface area contributed by atoms with Crippen LogP contribution in [-0.2, 0) is 0 Å². The number of benzene rings is 1. The van der Waals surface area contributed by atoms with E-state index in [0.29, 0.717) is 22.6 Å². The summed E-state index contributed by atoms with van der Waals surface area (Å²) in [5.74, 6) is 0.774. The zero-order valence-corrected chi connectivity index (χ0v) is 11.2. The Morgan fingerprint density at radius 1 is 1.33 bits per heavy atom. The van der Waals surface area contributed by atoms with Crippen molar-refractivity contribution in [2.45, 2.75) is 6.92 Å². The van der Waals surface area contributed by atoms with Gasteiger partial charge in [0.1, 0.15) is 11.5 Å². The molecule has 0 saturated carbocycles. The maximum atomic E-state index is 10.9. The smallest absolute Gasteiger partial charge is 0.273 e. The Labute approximate surface area is 119 Å². The number of furan rings is 1. The lowest BCUT2D eigenvalue weighted by atomic mass is 10.1. The summed E-state index contributed by atoms with van der Waals surface area (Å²) in [4.78, 5) is 10.5. The molecule has 8 nitrogen and oxygen atoms in total. The lowest BCUT2D eigenvalue weighted by Crippen LogP contribution is -2.21. The van der Waals surface area contributed by atoms with E-state index in [9.17, 15) is 10.1 Å². The van der Waals surface area contributed by atoms with Crippen LogP contribution >= 0.6 is 0 Å². The van der Waals surface area contributed by atoms with E-state index >= 15 is 0 Å². The van der Waals surface area contributed by atoms with Crippen LogP contribution in [0.1, 0.15) is 11.3 Å². The van der Waals surface area contributed by atoms with Crippen molar-refractivity contribution in [3.8, 4) is 11.3 Å². The molecule has 0 spiro atoms. The van der Waals surface area contributed by atoms with Gasteiger partial charge in [-0.1, -0.05) is 12.1 Å². The third kappa shape index (κ3) is 3.24. The standard InChI is InChI=1S/C13H13N5O3/c1-8-10(3-2-4-11(8)18(19)20)12-6-5-9(21-12)7-16-17-13(14)15/h2-7H,1H3,(H4,14,15,17)/b16-7-. The van der Waals surface area contributed by atoms with E-state index in [1.807, 2.05) is 0 Å². The molecule has 0 aliphatic heterocycles. The normalized spacial score (nSPS) is 10.7. The molecule has 4 N–H and O–H groups in total. The van der Waals surface area contributed by atoms with Crippen LogP contribution in [0.4, 0.5) is 5.69 Å². The van der Waals surface area contributed by atoms with E-state index in [1.165, 1.54) is 12.3 Å². The third-order valence-electron chi connectivity index (χ3n) is 2.75. The Kier molecular flexibility index (Phi) is 3.98. The number of hydrogen-bond acceptors (Lipinski definition) is 5. The van der Waals surface area contributed by atoms with Gasteiger partial charge < -0.3 is 15.9 Å². The molecule has 0 bridgehead atoms. The van der Waals surface area contributed by atoms with Crippen molar-refractivity contribution >= 4 is 17.9 Å². The van der Waals surface area contributed by atoms with Gasteiger partial charge in [-0.3, -0.25) is 10.1 Å². The number of hydrogen-bond donors (Lipinski definition) is 2. The number of nitrogens with zero attached hydrogens (tertiary/aromatic N) is 3. The summed E-state index contributed by atoms with van der Waals surface area (Å²) in [7, 11) is 0. The zero-order valence-electron chi connectivity index (χ0n) is 11.2. The molecule has 0 amide bonds. The van der Waals surface area contributed by atoms with E-state index in [2.05, 4.69) is 10.2 Å². The Balaban J connectivity index is 2.34. The molecule has 1 aromatic heterocycles. The minimum atomic E-state index is -0.428. The van der Waals surface area contributed by atoms with Crippen molar-refractivity contribution in [2.24, 2.45) is 21.7 Å². The second-order valence-electron chi connectivity index (χ2n) is 4.18. The molecule has 0 atom stereocenters. The molecule has 0 fully saturated rings. The van der Waals surface area contributed by atoms with Crippen LogP contribution in [0.15, 0.2) is 45.0 Å². The number of nitrogens with two attached hydrogens (primary N) is 2. The fraction of sp³-hybridized carbons (Fsp3) is 0.0769. The van der Waals surface area contributed by atoms with Crippen LogP contribution in [0, 0.1) is 17.0 Å². The highest BCUT2D eigenvalue weighted by molar-refractivity contribution is 5.80. The van der Waals surface area contributed by atoms with Crippen molar-refractivity contribution in [1.29, 1.82) is 0 Å². The summed E-state index contributed by atoms with van der Waals surface area (Å²) in [6.07, 6.45) is 1.34. The molecule has 108 valence electrons. The second kappa shape index (κ2) is 5.87. The Bertz CT molecular complexity index is 729. The summed E-state index contributed by atoms with van der Waals surface area (Å²) in [5, 5.41) is 18.0. The predicted molar refractivity (Wildman–Crippen MR) is 78.9 cm³/mol. The van der Waals surface area contributed by atoms with E-state index in [4.69, 9.17) is 15.9 Å². The molecule has 21 heavy (non-hydrogen) atoms. The van der Waals surface area contributed by atoms with Gasteiger partial charge in [0.2, 0.25) is 5.96 Å². The first-order chi connectivity index (χ1) is 9.99. The number of rotatable bonds is 4. The van der Waals surface area contributed by atoms with Crippen molar-refractivity contribution in [1.82, 2.24) is 0 Å². The summed E-state index contributed by atoms with van der Waals surface area (Å²) >= 11 is 0. The zero-order chi connectivity index (χ0) is 15.4. The molecule has 1 aromatic carbocycles. The minimum absolute atomic E-state index is 0.0413. The minimum Gasteiger partial charge on any atom is -0.455 e. The van der Waals surface area contributed by atoms with Gasteiger partial charge in [0.25, 0.3) is 5.69 Å². The molecule has 0 aliphatic carbocycles. The van der Waals surface area contributed by atoms with Crippen LogP contribution in [0.2, 0.25) is 0 Å². The second-order valence-corrected chi connectivity index (χ2v) is 4.18. The lowest BCUT2D eigenvalue weighted by molar-refractivity contribution is -0.385. The van der Waals surface area contributed by atoms with Gasteiger partial charge in [0.05, 0.1) is 11.1 Å². The van der Waals surface area contributed by atoms with Crippen molar-refractivity contribution < 1.29 is 9.34 Å². The molecule has 0 aliphatic rings. The Morgan fingerprint density at radius 3 is 2.76 bits per heavy atom. The molecule has 0 saturated heterocycles. The first kappa shape index (κ1) is 14.3. The van der Waals surface area contributed by atoms with E-state index in [1.54, 1.807) is 31.2 Å². The largest absolute Gasteiger partial charge is 0.455 e. The maximum Gasteiger partial charge on any atom is 0.273 e. The highest BCUT2D eigenvalue weighted by atomic mass is 16.6. The third-order valence-corrected chi connectivity index (χ3v) is 2.75. The Morgan fingerprint density at radius 2 is 2.10 bits per heavy atom. The number of nitro groups is 1. The molecule has 8 heteroatoms. The van der Waals surface area contributed by atoms with Crippen molar-refractivity contribution in [3.63, 3.8) is 0 Å². The summed E-state index contributed by atoms with van der Waals surface area (Å²) < 4.78 is 5.54. The van der Waals surface area contributed by atoms with E-state index < -0.39 is 4.92 Å². The molecular weight excluding hydrogens is 274 g/mol. The van der Waals surface area contributed by atoms with Gasteiger partial charge in [-0.2, -0.15) is 5.10 Å². The van der Waals surface area contributed by atoms with Crippen LogP contribution in [0.25, 0.3) is 11.3 Å². The van der Waals surface area contributed by atoms with Gasteiger partial charge in [0.15, 0.2) is 0 Å². The predicted octanol–water partition coefficient (Wildman–Crippen LogP) is 1.77. The molecule has 0 radical (unpaired) electrons. The molecule has 2 rings (SSSR count). The topological polar surface area (TPSA) is 133 Å². The summed E-state index contributed by atoms with van der Waals surface area (Å²) in [5.41, 5.74) is 11.5. The highest BCUT2D eigenvalue weighted by Crippen LogP contribution is 2.30. The van der Waals surface area contributed by atoms with Crippen molar-refractivity contribution in [2.75, 3.05) is 0 Å². The van der Waals surface area contributed by atoms with E-state index in [-0.39, 0.29) is 11.6 Å². The van der Waals surface area contributed by atoms with Gasteiger partial charge in [-0.05, 0) is 19.1 Å². The number of guanidine groups is 1. The van der Waals surface area contributed by atoms with Crippen LogP contribution in [-0.4, -0.2) is 17.1 Å². The molecular formula is C13H13N5O3. The summed E-state index contributed by atoms with van der Waals surface area (Å²) in [6.45, 7) is 1.67. The van der Waals surface area contributed by atoms with Gasteiger partial charge in [-0.15, -0.1) is 5.10 Å². The molecule has 0 unspecified atom stereocenters. The molecule has 1 heterocycles. The van der Waals surface area contributed by atoms with Gasteiger partial charge in [-0.25, -0.2) is 0 Å². The fourth-order valence-electron chi connectivity index (χ4n) is 1.81. The SMILES string of the molecule is Cc1c(-c2ccc(/C=N\N=C(N)N)o2)cccc1[N+](=O)[O-]. The lowest BCUT2D eigenvalue weighted by Gasteiger charge is -2.02. The van der Waals surface area contributed by atoms with E-state index in [0.717, 1.165) is 0 Å². The monoisotopic (exact) mass is 287 g/mol. The highest BCUT2D eigenvalue weighted by Gasteiger charge is 2.16. The van der Waals surface area contributed by atoms with Crippen LogP contribution in [0.5, 0.6) is 0 Å². The number of nitro benzene ring substituents is 1. The van der Waals surface area contributed by atoms with Crippen LogP contribution in [0.3, 0.4) is 0 Å².